The number of amides is 1. The molecule has 0 spiro atoms. The van der Waals surface area contributed by atoms with Gasteiger partial charge in [-0.05, 0) is 23.9 Å². The van der Waals surface area contributed by atoms with Crippen LogP contribution in [0.2, 0.25) is 0 Å². The zero-order valence-corrected chi connectivity index (χ0v) is 13.8. The minimum absolute atomic E-state index is 0.0418. The van der Waals surface area contributed by atoms with Crippen molar-refractivity contribution < 1.29 is 13.2 Å². The summed E-state index contributed by atoms with van der Waals surface area (Å²) < 4.78 is 23.7. The van der Waals surface area contributed by atoms with E-state index < -0.39 is 21.5 Å². The number of carbonyl (C=O) groups excluding carboxylic acids is 1. The summed E-state index contributed by atoms with van der Waals surface area (Å²) in [7, 11) is -1.74. The average molecular weight is 337 g/mol. The number of nitrogens with zero attached hydrogens (tertiary/aromatic N) is 1. The molecule has 2 rings (SSSR count). The molecule has 1 aromatic heterocycles. The van der Waals surface area contributed by atoms with E-state index in [2.05, 4.69) is 10.3 Å². The van der Waals surface area contributed by atoms with Crippen LogP contribution in [0, 0.1) is 0 Å². The zero-order valence-electron chi connectivity index (χ0n) is 13.0. The van der Waals surface area contributed by atoms with Gasteiger partial charge in [-0.1, -0.05) is 18.2 Å². The second-order valence-corrected chi connectivity index (χ2v) is 7.38. The first kappa shape index (κ1) is 17.2. The fourth-order valence-electron chi connectivity index (χ4n) is 2.08. The molecule has 1 heterocycles. The second kappa shape index (κ2) is 6.93. The number of hydrogen-bond acceptors (Lipinski definition) is 4. The lowest BCUT2D eigenvalue weighted by Gasteiger charge is -2.13. The number of carbonyl (C=O) groups is 1. The maximum Gasteiger partial charge on any atom is 0.261 e. The Morgan fingerprint density at radius 1 is 1.30 bits per heavy atom. The number of fused-ring (bicyclic) bond motifs is 1. The standard InChI is InChI=1S/C15H19N3O4S/c1-18(23(2,21)22)9-5-8-16-14(19)12-10-11-6-3-4-7-13(11)17-15(12)20/h3-4,6-7,10H,5,8-9H2,1-2H3,(H,16,19)(H,17,20). The molecule has 0 bridgehead atoms. The highest BCUT2D eigenvalue weighted by Crippen LogP contribution is 2.09. The number of aromatic amines is 1. The highest BCUT2D eigenvalue weighted by Gasteiger charge is 2.13. The van der Waals surface area contributed by atoms with Crippen LogP contribution in [-0.2, 0) is 10.0 Å². The Morgan fingerprint density at radius 2 is 2.00 bits per heavy atom. The largest absolute Gasteiger partial charge is 0.352 e. The van der Waals surface area contributed by atoms with E-state index >= 15 is 0 Å². The first-order chi connectivity index (χ1) is 10.8. The predicted octanol–water partition coefficient (Wildman–Crippen LogP) is 0.539. The minimum Gasteiger partial charge on any atom is -0.352 e. The fourth-order valence-corrected chi connectivity index (χ4v) is 2.54. The summed E-state index contributed by atoms with van der Waals surface area (Å²) >= 11 is 0. The molecule has 8 heteroatoms. The summed E-state index contributed by atoms with van der Waals surface area (Å²) in [6.45, 7) is 0.581. The zero-order chi connectivity index (χ0) is 17.0. The van der Waals surface area contributed by atoms with E-state index in [1.807, 2.05) is 12.1 Å². The summed E-state index contributed by atoms with van der Waals surface area (Å²) in [5.41, 5.74) is 0.262. The third-order valence-corrected chi connectivity index (χ3v) is 4.81. The van der Waals surface area contributed by atoms with Gasteiger partial charge in [-0.25, -0.2) is 12.7 Å². The van der Waals surface area contributed by atoms with E-state index in [4.69, 9.17) is 0 Å². The van der Waals surface area contributed by atoms with Gasteiger partial charge in [-0.2, -0.15) is 0 Å². The normalized spacial score (nSPS) is 11.8. The van der Waals surface area contributed by atoms with Crippen LogP contribution < -0.4 is 10.9 Å². The van der Waals surface area contributed by atoms with Crippen molar-refractivity contribution in [3.63, 3.8) is 0 Å². The number of aromatic nitrogens is 1. The highest BCUT2D eigenvalue weighted by atomic mass is 32.2. The summed E-state index contributed by atoms with van der Waals surface area (Å²) in [6, 6.07) is 8.74. The summed E-state index contributed by atoms with van der Waals surface area (Å²) in [5.74, 6) is -0.473. The number of benzene rings is 1. The Bertz CT molecular complexity index is 874. The van der Waals surface area contributed by atoms with Gasteiger partial charge in [0.2, 0.25) is 10.0 Å². The second-order valence-electron chi connectivity index (χ2n) is 5.29. The van der Waals surface area contributed by atoms with Gasteiger partial charge in [0.1, 0.15) is 5.56 Å². The average Bonchev–Trinajstić information content (AvgIpc) is 2.49. The van der Waals surface area contributed by atoms with Crippen molar-refractivity contribution in [2.75, 3.05) is 26.4 Å². The Hall–Kier alpha value is -2.19. The van der Waals surface area contributed by atoms with Gasteiger partial charge in [0.15, 0.2) is 0 Å². The molecule has 23 heavy (non-hydrogen) atoms. The van der Waals surface area contributed by atoms with Crippen LogP contribution in [0.25, 0.3) is 10.9 Å². The number of H-pyrrole nitrogens is 1. The Labute approximate surface area is 134 Å². The van der Waals surface area contributed by atoms with E-state index in [9.17, 15) is 18.0 Å². The number of nitrogens with one attached hydrogen (secondary N) is 2. The first-order valence-electron chi connectivity index (χ1n) is 7.10. The first-order valence-corrected chi connectivity index (χ1v) is 8.95. The smallest absolute Gasteiger partial charge is 0.261 e. The van der Waals surface area contributed by atoms with Crippen molar-refractivity contribution >= 4 is 26.8 Å². The topological polar surface area (TPSA) is 99.3 Å². The molecule has 0 aliphatic heterocycles. The lowest BCUT2D eigenvalue weighted by molar-refractivity contribution is 0.0951. The van der Waals surface area contributed by atoms with Crippen molar-refractivity contribution in [1.29, 1.82) is 0 Å². The molecule has 124 valence electrons. The molecule has 0 unspecified atom stereocenters. The van der Waals surface area contributed by atoms with E-state index in [1.54, 1.807) is 18.2 Å². The van der Waals surface area contributed by atoms with Crippen molar-refractivity contribution in [1.82, 2.24) is 14.6 Å². The van der Waals surface area contributed by atoms with Crippen LogP contribution in [-0.4, -0.2) is 50.0 Å². The van der Waals surface area contributed by atoms with Crippen molar-refractivity contribution in [2.24, 2.45) is 0 Å². The van der Waals surface area contributed by atoms with E-state index in [0.29, 0.717) is 18.5 Å². The van der Waals surface area contributed by atoms with Crippen LogP contribution in [0.1, 0.15) is 16.8 Å². The molecular formula is C15H19N3O4S. The molecule has 0 aliphatic carbocycles. The van der Waals surface area contributed by atoms with Gasteiger partial charge in [-0.3, -0.25) is 9.59 Å². The third kappa shape index (κ3) is 4.40. The molecule has 0 fully saturated rings. The maximum atomic E-state index is 12.1. The van der Waals surface area contributed by atoms with Crippen LogP contribution in [0.4, 0.5) is 0 Å². The van der Waals surface area contributed by atoms with Crippen molar-refractivity contribution in [2.45, 2.75) is 6.42 Å². The van der Waals surface area contributed by atoms with E-state index in [0.717, 1.165) is 11.6 Å². The maximum absolute atomic E-state index is 12.1. The number of rotatable bonds is 6. The quantitative estimate of drug-likeness (QED) is 0.752. The summed E-state index contributed by atoms with van der Waals surface area (Å²) in [6.07, 6.45) is 1.58. The van der Waals surface area contributed by atoms with Gasteiger partial charge < -0.3 is 10.3 Å². The number of sulfonamides is 1. The Balaban J connectivity index is 1.99. The number of para-hydroxylation sites is 1. The van der Waals surface area contributed by atoms with Gasteiger partial charge >= 0.3 is 0 Å². The summed E-state index contributed by atoms with van der Waals surface area (Å²) in [5, 5.41) is 3.40. The monoisotopic (exact) mass is 337 g/mol. The Kier molecular flexibility index (Phi) is 5.17. The minimum atomic E-state index is -3.22. The fraction of sp³-hybridized carbons (Fsp3) is 0.333. The molecule has 0 radical (unpaired) electrons. The number of pyridine rings is 1. The molecule has 7 nitrogen and oxygen atoms in total. The molecule has 2 N–H and O–H groups in total. The van der Waals surface area contributed by atoms with Crippen molar-refractivity contribution in [3.05, 3.63) is 46.2 Å². The van der Waals surface area contributed by atoms with Crippen LogP contribution in [0.5, 0.6) is 0 Å². The van der Waals surface area contributed by atoms with Crippen LogP contribution in [0.3, 0.4) is 0 Å². The summed E-state index contributed by atoms with van der Waals surface area (Å²) in [4.78, 5) is 26.7. The molecule has 2 aromatic rings. The molecule has 0 saturated carbocycles. The molecule has 1 aromatic carbocycles. The lowest BCUT2D eigenvalue weighted by Crippen LogP contribution is -2.33. The van der Waals surface area contributed by atoms with E-state index in [1.165, 1.54) is 11.4 Å². The SMILES string of the molecule is CN(CCCNC(=O)c1cc2ccccc2[nH]c1=O)S(C)(=O)=O. The van der Waals surface area contributed by atoms with E-state index in [-0.39, 0.29) is 12.1 Å². The van der Waals surface area contributed by atoms with Crippen LogP contribution >= 0.6 is 0 Å². The van der Waals surface area contributed by atoms with Gasteiger partial charge in [-0.15, -0.1) is 0 Å². The molecule has 0 atom stereocenters. The Morgan fingerprint density at radius 3 is 2.70 bits per heavy atom. The molecular weight excluding hydrogens is 318 g/mol. The lowest BCUT2D eigenvalue weighted by atomic mass is 10.1. The van der Waals surface area contributed by atoms with Crippen LogP contribution in [0.15, 0.2) is 35.1 Å². The predicted molar refractivity (Wildman–Crippen MR) is 89.0 cm³/mol. The highest BCUT2D eigenvalue weighted by molar-refractivity contribution is 7.88. The molecule has 1 amide bonds. The molecule has 0 saturated heterocycles. The van der Waals surface area contributed by atoms with Crippen molar-refractivity contribution in [3.8, 4) is 0 Å². The van der Waals surface area contributed by atoms with Gasteiger partial charge in [0, 0.05) is 25.7 Å². The molecule has 0 aliphatic rings. The van der Waals surface area contributed by atoms with Gasteiger partial charge in [0.05, 0.1) is 6.26 Å². The third-order valence-electron chi connectivity index (χ3n) is 3.50. The number of hydrogen-bond donors (Lipinski definition) is 2. The van der Waals surface area contributed by atoms with Gasteiger partial charge in [0.25, 0.3) is 11.5 Å².